The molecule has 0 radical (unpaired) electrons. The Morgan fingerprint density at radius 2 is 2.19 bits per heavy atom. The van der Waals surface area contributed by atoms with E-state index in [1.807, 2.05) is 0 Å². The van der Waals surface area contributed by atoms with E-state index < -0.39 is 24.7 Å². The molecule has 0 fully saturated rings. The zero-order valence-electron chi connectivity index (χ0n) is 8.17. The molecule has 2 N–H and O–H groups in total. The summed E-state index contributed by atoms with van der Waals surface area (Å²) in [5.74, 6) is -3.80. The fourth-order valence-corrected chi connectivity index (χ4v) is 1.46. The van der Waals surface area contributed by atoms with E-state index in [2.05, 4.69) is 4.98 Å². The van der Waals surface area contributed by atoms with E-state index in [4.69, 9.17) is 9.52 Å². The molecule has 0 saturated carbocycles. The molecule has 0 atom stereocenters. The molecular formula is C10H9F2NO3. The quantitative estimate of drug-likeness (QED) is 0.839. The third-order valence-corrected chi connectivity index (χ3v) is 2.27. The largest absolute Gasteiger partial charge is 0.417 e. The number of halogens is 2. The summed E-state index contributed by atoms with van der Waals surface area (Å²) in [7, 11) is 0. The molecular weight excluding hydrogens is 220 g/mol. The van der Waals surface area contributed by atoms with Crippen LogP contribution in [-0.2, 0) is 5.92 Å². The third kappa shape index (κ3) is 1.83. The molecule has 6 heteroatoms. The van der Waals surface area contributed by atoms with Crippen LogP contribution in [0.15, 0.2) is 27.4 Å². The summed E-state index contributed by atoms with van der Waals surface area (Å²) in [4.78, 5) is 13.1. The van der Waals surface area contributed by atoms with E-state index in [9.17, 15) is 13.6 Å². The topological polar surface area (TPSA) is 66.2 Å². The van der Waals surface area contributed by atoms with Crippen molar-refractivity contribution in [2.75, 3.05) is 6.61 Å². The average Bonchev–Trinajstić information content (AvgIpc) is 2.56. The standard InChI is InChI=1S/C10H9F2NO3/c11-10(12,3-4-14)6-1-2-8-7(5-6)13-9(15)16-8/h1-2,5,14H,3-4H2,(H,13,15). The lowest BCUT2D eigenvalue weighted by molar-refractivity contribution is -0.0268. The number of alkyl halides is 2. The molecule has 0 aliphatic carbocycles. The second kappa shape index (κ2) is 3.71. The second-order valence-corrected chi connectivity index (χ2v) is 3.40. The first kappa shape index (κ1) is 10.8. The van der Waals surface area contributed by atoms with E-state index >= 15 is 0 Å². The Morgan fingerprint density at radius 3 is 2.88 bits per heavy atom. The minimum absolute atomic E-state index is 0.222. The van der Waals surface area contributed by atoms with Gasteiger partial charge in [0, 0.05) is 18.6 Å². The predicted octanol–water partition coefficient (Wildman–Crippen LogP) is 1.60. The molecule has 0 aliphatic rings. The van der Waals surface area contributed by atoms with Crippen LogP contribution < -0.4 is 5.76 Å². The number of fused-ring (bicyclic) bond motifs is 1. The maximum atomic E-state index is 13.4. The Kier molecular flexibility index (Phi) is 2.51. The number of aliphatic hydroxyl groups excluding tert-OH is 1. The van der Waals surface area contributed by atoms with Crippen LogP contribution in [0.25, 0.3) is 11.1 Å². The summed E-state index contributed by atoms with van der Waals surface area (Å²) in [5.41, 5.74) is 0.194. The predicted molar refractivity (Wildman–Crippen MR) is 52.4 cm³/mol. The number of nitrogens with one attached hydrogen (secondary N) is 1. The number of H-pyrrole nitrogens is 1. The molecule has 0 saturated heterocycles. The van der Waals surface area contributed by atoms with Crippen molar-refractivity contribution in [3.05, 3.63) is 34.3 Å². The highest BCUT2D eigenvalue weighted by molar-refractivity contribution is 5.73. The van der Waals surface area contributed by atoms with Gasteiger partial charge in [0.15, 0.2) is 5.58 Å². The Hall–Kier alpha value is -1.69. The molecule has 1 aromatic heterocycles. The van der Waals surface area contributed by atoms with Crippen molar-refractivity contribution in [2.24, 2.45) is 0 Å². The molecule has 1 heterocycles. The monoisotopic (exact) mass is 229 g/mol. The lowest BCUT2D eigenvalue weighted by Gasteiger charge is -2.14. The van der Waals surface area contributed by atoms with Crippen molar-refractivity contribution in [3.63, 3.8) is 0 Å². The fraction of sp³-hybridized carbons (Fsp3) is 0.300. The number of rotatable bonds is 3. The minimum Gasteiger partial charge on any atom is -0.408 e. The Balaban J connectivity index is 2.49. The SMILES string of the molecule is O=c1[nH]c2cc(C(F)(F)CCO)ccc2o1. The maximum absolute atomic E-state index is 13.4. The first-order chi connectivity index (χ1) is 7.53. The number of hydrogen-bond donors (Lipinski definition) is 2. The van der Waals surface area contributed by atoms with Crippen molar-refractivity contribution in [3.8, 4) is 0 Å². The molecule has 0 aliphatic heterocycles. The smallest absolute Gasteiger partial charge is 0.408 e. The Bertz CT molecular complexity index is 558. The molecule has 2 aromatic rings. The number of aliphatic hydroxyl groups is 1. The summed E-state index contributed by atoms with van der Waals surface area (Å²) in [6, 6.07) is 3.62. The third-order valence-electron chi connectivity index (χ3n) is 2.27. The van der Waals surface area contributed by atoms with Crippen LogP contribution in [-0.4, -0.2) is 16.7 Å². The van der Waals surface area contributed by atoms with Crippen molar-refractivity contribution >= 4 is 11.1 Å². The van der Waals surface area contributed by atoms with Gasteiger partial charge in [0.2, 0.25) is 0 Å². The first-order valence-corrected chi connectivity index (χ1v) is 4.65. The Morgan fingerprint density at radius 1 is 1.44 bits per heavy atom. The van der Waals surface area contributed by atoms with E-state index in [1.54, 1.807) is 0 Å². The summed E-state index contributed by atoms with van der Waals surface area (Å²) in [6.07, 6.45) is -0.652. The highest BCUT2D eigenvalue weighted by Gasteiger charge is 2.31. The fourth-order valence-electron chi connectivity index (χ4n) is 1.46. The minimum atomic E-state index is -3.11. The highest BCUT2D eigenvalue weighted by atomic mass is 19.3. The van der Waals surface area contributed by atoms with Crippen LogP contribution >= 0.6 is 0 Å². The van der Waals surface area contributed by atoms with Crippen molar-refractivity contribution in [1.29, 1.82) is 0 Å². The zero-order chi connectivity index (χ0) is 11.8. The normalized spacial score (nSPS) is 12.2. The number of aromatic amines is 1. The van der Waals surface area contributed by atoms with Gasteiger partial charge in [-0.3, -0.25) is 4.98 Å². The molecule has 16 heavy (non-hydrogen) atoms. The lowest BCUT2D eigenvalue weighted by atomic mass is 10.1. The van der Waals surface area contributed by atoms with Crippen LogP contribution in [0, 0.1) is 0 Å². The maximum Gasteiger partial charge on any atom is 0.417 e. The molecule has 86 valence electrons. The van der Waals surface area contributed by atoms with Crippen LogP contribution in [0.4, 0.5) is 8.78 Å². The second-order valence-electron chi connectivity index (χ2n) is 3.40. The zero-order valence-corrected chi connectivity index (χ0v) is 8.17. The van der Waals surface area contributed by atoms with Gasteiger partial charge >= 0.3 is 5.76 Å². The van der Waals surface area contributed by atoms with Crippen molar-refractivity contribution in [1.82, 2.24) is 4.98 Å². The van der Waals surface area contributed by atoms with Gasteiger partial charge in [-0.05, 0) is 18.2 Å². The van der Waals surface area contributed by atoms with Crippen LogP contribution in [0.5, 0.6) is 0 Å². The summed E-state index contributed by atoms with van der Waals surface area (Å²) in [6.45, 7) is -0.604. The van der Waals surface area contributed by atoms with E-state index in [0.29, 0.717) is 0 Å². The van der Waals surface area contributed by atoms with Gasteiger partial charge in [-0.2, -0.15) is 0 Å². The number of aromatic nitrogens is 1. The first-order valence-electron chi connectivity index (χ1n) is 4.65. The van der Waals surface area contributed by atoms with Gasteiger partial charge in [0.1, 0.15) is 0 Å². The lowest BCUT2D eigenvalue weighted by Crippen LogP contribution is -2.15. The van der Waals surface area contributed by atoms with Gasteiger partial charge in [-0.25, -0.2) is 13.6 Å². The molecule has 2 rings (SSSR count). The van der Waals surface area contributed by atoms with Gasteiger partial charge in [0.05, 0.1) is 5.52 Å². The van der Waals surface area contributed by atoms with E-state index in [0.717, 1.165) is 6.07 Å². The van der Waals surface area contributed by atoms with Gasteiger partial charge in [-0.15, -0.1) is 0 Å². The van der Waals surface area contributed by atoms with Crippen LogP contribution in [0.1, 0.15) is 12.0 Å². The average molecular weight is 229 g/mol. The van der Waals surface area contributed by atoms with Crippen LogP contribution in [0.3, 0.4) is 0 Å². The van der Waals surface area contributed by atoms with Crippen molar-refractivity contribution in [2.45, 2.75) is 12.3 Å². The molecule has 1 aromatic carbocycles. The molecule has 0 unspecified atom stereocenters. The van der Waals surface area contributed by atoms with Crippen molar-refractivity contribution < 1.29 is 18.3 Å². The molecule has 4 nitrogen and oxygen atoms in total. The molecule has 0 amide bonds. The molecule has 0 bridgehead atoms. The van der Waals surface area contributed by atoms with Gasteiger partial charge in [-0.1, -0.05) is 0 Å². The number of hydrogen-bond acceptors (Lipinski definition) is 3. The van der Waals surface area contributed by atoms with E-state index in [1.165, 1.54) is 12.1 Å². The highest BCUT2D eigenvalue weighted by Crippen LogP contribution is 2.32. The van der Waals surface area contributed by atoms with Crippen LogP contribution in [0.2, 0.25) is 0 Å². The number of benzene rings is 1. The van der Waals surface area contributed by atoms with Gasteiger partial charge < -0.3 is 9.52 Å². The Labute approximate surface area is 88.5 Å². The van der Waals surface area contributed by atoms with E-state index in [-0.39, 0.29) is 16.7 Å². The summed E-state index contributed by atoms with van der Waals surface area (Å²) < 4.78 is 31.5. The summed E-state index contributed by atoms with van der Waals surface area (Å²) in [5, 5.41) is 8.52. The summed E-state index contributed by atoms with van der Waals surface area (Å²) >= 11 is 0. The number of oxazole rings is 1. The molecule has 0 spiro atoms. The van der Waals surface area contributed by atoms with Gasteiger partial charge in [0.25, 0.3) is 5.92 Å².